The van der Waals surface area contributed by atoms with Crippen molar-refractivity contribution in [1.82, 2.24) is 0 Å². The molecule has 1 aromatic carbocycles. The minimum Gasteiger partial charge on any atom is -0.493 e. The number of aliphatic imine (C=N–C) groups is 1. The average molecular weight is 219 g/mol. The Hall–Kier alpha value is -1.51. The second kappa shape index (κ2) is 5.54. The molecule has 0 unspecified atom stereocenters. The van der Waals surface area contributed by atoms with E-state index in [9.17, 15) is 0 Å². The molecule has 0 bridgehead atoms. The van der Waals surface area contributed by atoms with E-state index in [0.717, 1.165) is 37.6 Å². The maximum absolute atomic E-state index is 5.65. The molecule has 0 spiro atoms. The Kier molecular flexibility index (Phi) is 3.81. The SMILES string of the molecule is CCc1cccc(OCCC2=NCCO2)c1. The van der Waals surface area contributed by atoms with E-state index in [4.69, 9.17) is 9.47 Å². The zero-order valence-corrected chi connectivity index (χ0v) is 9.61. The lowest BCUT2D eigenvalue weighted by Crippen LogP contribution is -2.06. The molecule has 1 heterocycles. The third-order valence-corrected chi connectivity index (χ3v) is 2.54. The van der Waals surface area contributed by atoms with Crippen LogP contribution in [0.25, 0.3) is 0 Å². The molecular formula is C13H17NO2. The van der Waals surface area contributed by atoms with Gasteiger partial charge in [0.15, 0.2) is 5.90 Å². The molecule has 1 aliphatic heterocycles. The third-order valence-electron chi connectivity index (χ3n) is 2.54. The quantitative estimate of drug-likeness (QED) is 0.761. The first-order valence-electron chi connectivity index (χ1n) is 5.76. The first kappa shape index (κ1) is 11.0. The molecule has 0 atom stereocenters. The van der Waals surface area contributed by atoms with Gasteiger partial charge in [-0.15, -0.1) is 0 Å². The van der Waals surface area contributed by atoms with E-state index in [0.29, 0.717) is 6.61 Å². The van der Waals surface area contributed by atoms with E-state index in [-0.39, 0.29) is 0 Å². The molecule has 0 saturated heterocycles. The van der Waals surface area contributed by atoms with Gasteiger partial charge in [0.05, 0.1) is 19.6 Å². The van der Waals surface area contributed by atoms with Gasteiger partial charge in [0.2, 0.25) is 0 Å². The first-order chi connectivity index (χ1) is 7.88. The topological polar surface area (TPSA) is 30.8 Å². The minimum absolute atomic E-state index is 0.631. The molecule has 0 radical (unpaired) electrons. The third kappa shape index (κ3) is 2.99. The summed E-state index contributed by atoms with van der Waals surface area (Å²) in [4.78, 5) is 4.22. The lowest BCUT2D eigenvalue weighted by atomic mass is 10.2. The Morgan fingerprint density at radius 1 is 1.44 bits per heavy atom. The van der Waals surface area contributed by atoms with Crippen molar-refractivity contribution in [2.24, 2.45) is 4.99 Å². The second-order valence-electron chi connectivity index (χ2n) is 3.72. The van der Waals surface area contributed by atoms with E-state index in [1.165, 1.54) is 5.56 Å². The number of aryl methyl sites for hydroxylation is 1. The van der Waals surface area contributed by atoms with Gasteiger partial charge in [-0.3, -0.25) is 4.99 Å². The van der Waals surface area contributed by atoms with Gasteiger partial charge >= 0.3 is 0 Å². The number of hydrogen-bond donors (Lipinski definition) is 0. The number of ether oxygens (including phenoxy) is 2. The molecule has 0 fully saturated rings. The van der Waals surface area contributed by atoms with E-state index >= 15 is 0 Å². The van der Waals surface area contributed by atoms with Crippen LogP contribution in [0.3, 0.4) is 0 Å². The van der Waals surface area contributed by atoms with Crippen molar-refractivity contribution >= 4 is 5.90 Å². The second-order valence-corrected chi connectivity index (χ2v) is 3.72. The summed E-state index contributed by atoms with van der Waals surface area (Å²) in [6, 6.07) is 8.20. The van der Waals surface area contributed by atoms with Crippen molar-refractivity contribution in [2.75, 3.05) is 19.8 Å². The Labute approximate surface area is 96.1 Å². The van der Waals surface area contributed by atoms with Crippen LogP contribution in [0.5, 0.6) is 5.75 Å². The highest BCUT2D eigenvalue weighted by Crippen LogP contribution is 2.14. The molecule has 0 aliphatic carbocycles. The largest absolute Gasteiger partial charge is 0.493 e. The lowest BCUT2D eigenvalue weighted by molar-refractivity contribution is 0.297. The highest BCUT2D eigenvalue weighted by Gasteiger charge is 2.06. The fourth-order valence-electron chi connectivity index (χ4n) is 1.64. The predicted molar refractivity (Wildman–Crippen MR) is 64.2 cm³/mol. The van der Waals surface area contributed by atoms with Crippen molar-refractivity contribution in [2.45, 2.75) is 19.8 Å². The molecule has 0 N–H and O–H groups in total. The summed E-state index contributed by atoms with van der Waals surface area (Å²) in [5.74, 6) is 1.75. The van der Waals surface area contributed by atoms with Crippen LogP contribution in [0.4, 0.5) is 0 Å². The molecule has 0 aromatic heterocycles. The highest BCUT2D eigenvalue weighted by molar-refractivity contribution is 5.77. The van der Waals surface area contributed by atoms with Gasteiger partial charge in [0.25, 0.3) is 0 Å². The van der Waals surface area contributed by atoms with Crippen molar-refractivity contribution in [3.8, 4) is 5.75 Å². The van der Waals surface area contributed by atoms with Gasteiger partial charge in [0, 0.05) is 0 Å². The van der Waals surface area contributed by atoms with E-state index in [1.807, 2.05) is 12.1 Å². The Bertz CT molecular complexity index is 374. The molecular weight excluding hydrogens is 202 g/mol. The molecule has 3 nitrogen and oxygen atoms in total. The van der Waals surface area contributed by atoms with Crippen LogP contribution in [-0.2, 0) is 11.2 Å². The van der Waals surface area contributed by atoms with Crippen molar-refractivity contribution in [3.63, 3.8) is 0 Å². The summed E-state index contributed by atoms with van der Waals surface area (Å²) in [6.07, 6.45) is 1.80. The Morgan fingerprint density at radius 3 is 3.12 bits per heavy atom. The van der Waals surface area contributed by atoms with Gasteiger partial charge in [-0.25, -0.2) is 0 Å². The minimum atomic E-state index is 0.631. The Balaban J connectivity index is 1.80. The summed E-state index contributed by atoms with van der Waals surface area (Å²) in [7, 11) is 0. The van der Waals surface area contributed by atoms with Crippen molar-refractivity contribution in [3.05, 3.63) is 29.8 Å². The predicted octanol–water partition coefficient (Wildman–Crippen LogP) is 2.45. The maximum Gasteiger partial charge on any atom is 0.186 e. The highest BCUT2D eigenvalue weighted by atomic mass is 16.5. The number of rotatable bonds is 5. The fraction of sp³-hybridized carbons (Fsp3) is 0.462. The van der Waals surface area contributed by atoms with Crippen molar-refractivity contribution < 1.29 is 9.47 Å². The first-order valence-corrected chi connectivity index (χ1v) is 5.76. The lowest BCUT2D eigenvalue weighted by Gasteiger charge is -2.07. The summed E-state index contributed by atoms with van der Waals surface area (Å²) in [5.41, 5.74) is 1.30. The fourth-order valence-corrected chi connectivity index (χ4v) is 1.64. The van der Waals surface area contributed by atoms with Gasteiger partial charge < -0.3 is 9.47 Å². The molecule has 86 valence electrons. The standard InChI is InChI=1S/C13H17NO2/c1-2-11-4-3-5-12(10-11)15-8-6-13-14-7-9-16-13/h3-5,10H,2,6-9H2,1H3. The number of hydrogen-bond acceptors (Lipinski definition) is 3. The van der Waals surface area contributed by atoms with E-state index in [1.54, 1.807) is 0 Å². The van der Waals surface area contributed by atoms with Crippen LogP contribution in [0.1, 0.15) is 18.9 Å². The van der Waals surface area contributed by atoms with Crippen LogP contribution < -0.4 is 4.74 Å². The van der Waals surface area contributed by atoms with Crippen LogP contribution in [0.15, 0.2) is 29.3 Å². The molecule has 0 amide bonds. The molecule has 2 rings (SSSR count). The molecule has 1 aliphatic rings. The summed E-state index contributed by atoms with van der Waals surface area (Å²) < 4.78 is 11.0. The van der Waals surface area contributed by atoms with Gasteiger partial charge in [-0.2, -0.15) is 0 Å². The molecule has 1 aromatic rings. The zero-order chi connectivity index (χ0) is 11.2. The van der Waals surface area contributed by atoms with Gasteiger partial charge in [0.1, 0.15) is 12.4 Å². The maximum atomic E-state index is 5.65. The monoisotopic (exact) mass is 219 g/mol. The Morgan fingerprint density at radius 2 is 2.38 bits per heavy atom. The summed E-state index contributed by atoms with van der Waals surface area (Å²) >= 11 is 0. The van der Waals surface area contributed by atoms with Gasteiger partial charge in [-0.1, -0.05) is 19.1 Å². The number of nitrogens with zero attached hydrogens (tertiary/aromatic N) is 1. The van der Waals surface area contributed by atoms with E-state index < -0.39 is 0 Å². The van der Waals surface area contributed by atoms with Crippen LogP contribution in [0, 0.1) is 0 Å². The van der Waals surface area contributed by atoms with Crippen LogP contribution >= 0.6 is 0 Å². The normalized spacial score (nSPS) is 14.4. The molecule has 3 heteroatoms. The van der Waals surface area contributed by atoms with Crippen molar-refractivity contribution in [1.29, 1.82) is 0 Å². The molecule has 16 heavy (non-hydrogen) atoms. The summed E-state index contributed by atoms with van der Waals surface area (Å²) in [6.45, 7) is 4.29. The average Bonchev–Trinajstić information content (AvgIpc) is 2.82. The van der Waals surface area contributed by atoms with Crippen LogP contribution in [-0.4, -0.2) is 25.7 Å². The van der Waals surface area contributed by atoms with Gasteiger partial charge in [-0.05, 0) is 24.1 Å². The summed E-state index contributed by atoms with van der Waals surface area (Å²) in [5, 5.41) is 0. The van der Waals surface area contributed by atoms with Crippen LogP contribution in [0.2, 0.25) is 0 Å². The smallest absolute Gasteiger partial charge is 0.186 e. The zero-order valence-electron chi connectivity index (χ0n) is 9.61. The van der Waals surface area contributed by atoms with E-state index in [2.05, 4.69) is 24.0 Å². The number of benzene rings is 1. The molecule has 0 saturated carbocycles.